The highest BCUT2D eigenvalue weighted by molar-refractivity contribution is 7.84. The molecule has 4 rings (SSSR count). The van der Waals surface area contributed by atoms with Crippen molar-refractivity contribution in [2.75, 3.05) is 13.2 Å². The largest absolute Gasteiger partial charge is 0.513 e. The number of rotatable bonds is 6. The van der Waals surface area contributed by atoms with Gasteiger partial charge in [0, 0.05) is 4.90 Å². The van der Waals surface area contributed by atoms with Crippen LogP contribution in [0.1, 0.15) is 36.5 Å². The molecule has 33 heavy (non-hydrogen) atoms. The van der Waals surface area contributed by atoms with Gasteiger partial charge >= 0.3 is 12.1 Å². The number of hydrogen-bond acceptors (Lipinski definition) is 7. The maximum atomic E-state index is 13.5. The smallest absolute Gasteiger partial charge is 0.456 e. The lowest BCUT2D eigenvalue weighted by atomic mass is 9.85. The summed E-state index contributed by atoms with van der Waals surface area (Å²) in [6.07, 6.45) is -0.868. The summed E-state index contributed by atoms with van der Waals surface area (Å²) in [4.78, 5) is 25.4. The van der Waals surface area contributed by atoms with Crippen molar-refractivity contribution in [2.24, 2.45) is 0 Å². The summed E-state index contributed by atoms with van der Waals surface area (Å²) >= 11 is 0. The highest BCUT2D eigenvalue weighted by Crippen LogP contribution is 2.43. The summed E-state index contributed by atoms with van der Waals surface area (Å²) < 4.78 is 29.3. The first-order chi connectivity index (χ1) is 15.9. The number of esters is 1. The van der Waals surface area contributed by atoms with Gasteiger partial charge in [-0.25, -0.2) is 9.59 Å². The molecule has 0 fully saturated rings. The number of cyclic esters (lactones) is 1. The van der Waals surface area contributed by atoms with E-state index in [2.05, 4.69) is 5.32 Å². The van der Waals surface area contributed by atoms with Crippen molar-refractivity contribution in [2.45, 2.75) is 37.3 Å². The number of hydrogen-bond donors (Lipinski definition) is 1. The van der Waals surface area contributed by atoms with Gasteiger partial charge in [0.05, 0.1) is 46.0 Å². The molecule has 0 saturated heterocycles. The molecule has 172 valence electrons. The molecule has 0 radical (unpaired) electrons. The Morgan fingerprint density at radius 1 is 1.18 bits per heavy atom. The zero-order chi connectivity index (χ0) is 23.5. The van der Waals surface area contributed by atoms with E-state index in [0.717, 1.165) is 11.1 Å². The highest BCUT2D eigenvalue weighted by atomic mass is 32.2. The fourth-order valence-electron chi connectivity index (χ4n) is 4.07. The fraction of sp³-hybridized carbons (Fsp3) is 0.280. The molecule has 2 heterocycles. The van der Waals surface area contributed by atoms with Gasteiger partial charge in [-0.1, -0.05) is 48.0 Å². The van der Waals surface area contributed by atoms with Crippen molar-refractivity contribution in [1.82, 2.24) is 5.32 Å². The number of ether oxygens (including phenoxy) is 3. The molecular formula is C25H25NO6S. The highest BCUT2D eigenvalue weighted by Gasteiger charge is 2.42. The summed E-state index contributed by atoms with van der Waals surface area (Å²) in [6, 6.07) is 15.1. The van der Waals surface area contributed by atoms with E-state index in [9.17, 15) is 13.8 Å². The first kappa shape index (κ1) is 22.8. The van der Waals surface area contributed by atoms with Crippen molar-refractivity contribution >= 4 is 22.9 Å². The predicted octanol–water partition coefficient (Wildman–Crippen LogP) is 4.21. The van der Waals surface area contributed by atoms with Gasteiger partial charge in [-0.15, -0.1) is 0 Å². The van der Waals surface area contributed by atoms with E-state index in [0.29, 0.717) is 33.2 Å². The van der Waals surface area contributed by atoms with Crippen LogP contribution in [0.4, 0.5) is 4.79 Å². The maximum absolute atomic E-state index is 13.5. The van der Waals surface area contributed by atoms with Crippen molar-refractivity contribution in [3.8, 4) is 0 Å². The Morgan fingerprint density at radius 2 is 1.97 bits per heavy atom. The molecule has 2 atom stereocenters. The quantitative estimate of drug-likeness (QED) is 0.637. The summed E-state index contributed by atoms with van der Waals surface area (Å²) in [5, 5.41) is 3.11. The summed E-state index contributed by atoms with van der Waals surface area (Å²) in [5.41, 5.74) is 4.17. The van der Waals surface area contributed by atoms with Crippen LogP contribution in [0, 0.1) is 6.92 Å². The Balaban J connectivity index is 1.77. The Morgan fingerprint density at radius 3 is 2.73 bits per heavy atom. The van der Waals surface area contributed by atoms with Crippen molar-refractivity contribution in [1.29, 1.82) is 0 Å². The minimum absolute atomic E-state index is 0.100. The predicted molar refractivity (Wildman–Crippen MR) is 122 cm³/mol. The molecule has 8 heteroatoms. The number of benzene rings is 2. The first-order valence-corrected chi connectivity index (χ1v) is 12.0. The van der Waals surface area contributed by atoms with E-state index in [1.54, 1.807) is 32.0 Å². The van der Waals surface area contributed by atoms with Crippen molar-refractivity contribution in [3.05, 3.63) is 87.9 Å². The van der Waals surface area contributed by atoms with Crippen LogP contribution in [-0.2, 0) is 35.6 Å². The van der Waals surface area contributed by atoms with Crippen molar-refractivity contribution < 1.29 is 28.0 Å². The topological polar surface area (TPSA) is 90.9 Å². The number of carbonyl (C=O) groups excluding carboxylic acids is 2. The second kappa shape index (κ2) is 9.62. The molecule has 2 aromatic carbocycles. The molecule has 2 aliphatic rings. The number of allylic oxidation sites excluding steroid dienone is 2. The number of nitrogens with one attached hydrogen (secondary N) is 1. The molecule has 7 nitrogen and oxygen atoms in total. The van der Waals surface area contributed by atoms with Crippen LogP contribution in [0.25, 0.3) is 0 Å². The normalized spacial score (nSPS) is 18.4. The SMILES string of the molecule is CCOC(=O)OC1=C(C)NC2=C(C(=O)OC2)C1c1ccccc1S(=O)Cc1cccc(C)c1. The van der Waals surface area contributed by atoms with Gasteiger partial charge in [-0.3, -0.25) is 4.21 Å². The van der Waals surface area contributed by atoms with E-state index in [-0.39, 0.29) is 19.0 Å². The van der Waals surface area contributed by atoms with Gasteiger partial charge in [-0.2, -0.15) is 0 Å². The minimum Gasteiger partial charge on any atom is -0.456 e. The average molecular weight is 468 g/mol. The molecule has 2 aromatic rings. The summed E-state index contributed by atoms with van der Waals surface area (Å²) in [6.45, 7) is 5.67. The maximum Gasteiger partial charge on any atom is 0.513 e. The molecule has 0 bridgehead atoms. The van der Waals surface area contributed by atoms with E-state index in [4.69, 9.17) is 14.2 Å². The Labute approximate surface area is 194 Å². The molecule has 2 aliphatic heterocycles. The van der Waals surface area contributed by atoms with E-state index < -0.39 is 28.8 Å². The molecular weight excluding hydrogens is 442 g/mol. The van der Waals surface area contributed by atoms with E-state index in [1.807, 2.05) is 37.3 Å². The number of carbonyl (C=O) groups is 2. The van der Waals surface area contributed by atoms with Gasteiger partial charge in [0.1, 0.15) is 12.4 Å². The number of dihydropyridines is 1. The Kier molecular flexibility index (Phi) is 6.65. The van der Waals surface area contributed by atoms with Gasteiger partial charge < -0.3 is 19.5 Å². The van der Waals surface area contributed by atoms with Crippen LogP contribution < -0.4 is 5.32 Å². The third-order valence-corrected chi connectivity index (χ3v) is 6.92. The lowest BCUT2D eigenvalue weighted by Gasteiger charge is -2.28. The zero-order valence-corrected chi connectivity index (χ0v) is 19.5. The average Bonchev–Trinajstić information content (AvgIpc) is 3.14. The molecule has 0 saturated carbocycles. The summed E-state index contributed by atoms with van der Waals surface area (Å²) in [7, 11) is -1.41. The van der Waals surface area contributed by atoms with Gasteiger partial charge in [0.15, 0.2) is 0 Å². The van der Waals surface area contributed by atoms with Crippen molar-refractivity contribution in [3.63, 3.8) is 0 Å². The second-order valence-electron chi connectivity index (χ2n) is 7.82. The molecule has 0 aliphatic carbocycles. The standard InChI is InChI=1S/C25H25NO6S/c1-4-30-25(28)32-23-16(3)26-19-13-31-24(27)22(19)21(23)18-10-5-6-11-20(18)33(29)14-17-9-7-8-15(2)12-17/h5-12,21,26H,4,13-14H2,1-3H3. The van der Waals surface area contributed by atoms with Crippen LogP contribution in [0.5, 0.6) is 0 Å². The van der Waals surface area contributed by atoms with Gasteiger partial charge in [-0.05, 0) is 38.0 Å². The zero-order valence-electron chi connectivity index (χ0n) is 18.7. The Bertz CT molecular complexity index is 1200. The van der Waals surface area contributed by atoms with Crippen LogP contribution in [-0.4, -0.2) is 29.5 Å². The number of aryl methyl sites for hydroxylation is 1. The molecule has 0 amide bonds. The lowest BCUT2D eigenvalue weighted by Crippen LogP contribution is -2.29. The first-order valence-electron chi connectivity index (χ1n) is 10.6. The van der Waals surface area contributed by atoms with Gasteiger partial charge in [0.2, 0.25) is 0 Å². The Hall–Kier alpha value is -3.39. The third-order valence-electron chi connectivity index (χ3n) is 5.46. The second-order valence-corrected chi connectivity index (χ2v) is 9.24. The van der Waals surface area contributed by atoms with Crippen LogP contribution in [0.3, 0.4) is 0 Å². The minimum atomic E-state index is -1.41. The van der Waals surface area contributed by atoms with Gasteiger partial charge in [0.25, 0.3) is 0 Å². The van der Waals surface area contributed by atoms with Crippen LogP contribution in [0.15, 0.2) is 76.2 Å². The van der Waals surface area contributed by atoms with Crippen LogP contribution in [0.2, 0.25) is 0 Å². The molecule has 1 N–H and O–H groups in total. The monoisotopic (exact) mass is 467 g/mol. The van der Waals surface area contributed by atoms with E-state index in [1.165, 1.54) is 0 Å². The molecule has 0 aromatic heterocycles. The lowest BCUT2D eigenvalue weighted by molar-refractivity contribution is -0.136. The summed E-state index contributed by atoms with van der Waals surface area (Å²) in [5.74, 6) is -0.708. The molecule has 2 unspecified atom stereocenters. The fourth-order valence-corrected chi connectivity index (χ4v) is 5.39. The third kappa shape index (κ3) is 4.71. The van der Waals surface area contributed by atoms with E-state index >= 15 is 0 Å². The van der Waals surface area contributed by atoms with Crippen LogP contribution >= 0.6 is 0 Å². The molecule has 0 spiro atoms.